The molecule has 2 aromatic rings. The van der Waals surface area contributed by atoms with Crippen LogP contribution in [0.15, 0.2) is 24.3 Å². The molecule has 2 aliphatic heterocycles. The molecular weight excluding hydrogens is 355 g/mol. The van der Waals surface area contributed by atoms with Gasteiger partial charge in [0.15, 0.2) is 0 Å². The summed E-state index contributed by atoms with van der Waals surface area (Å²) in [7, 11) is 0. The number of aromatic nitrogens is 2. The molecule has 1 aromatic heterocycles. The zero-order valence-corrected chi connectivity index (χ0v) is 15.8. The maximum Gasteiger partial charge on any atom is 0.251 e. The van der Waals surface area contributed by atoms with Crippen LogP contribution in [0.3, 0.4) is 0 Å². The SMILES string of the molecule is Cc1cc(C)n(-c2ccc(C(=O)NC3CC4CCC(C3)N4)cc2F)n1.Cl. The number of fused-ring (bicyclic) bond motifs is 2. The van der Waals surface area contributed by atoms with Crippen LogP contribution in [0.1, 0.15) is 47.4 Å². The van der Waals surface area contributed by atoms with Gasteiger partial charge in [-0.3, -0.25) is 4.79 Å². The zero-order valence-electron chi connectivity index (χ0n) is 15.0. The number of nitrogens with zero attached hydrogens (tertiary/aromatic N) is 2. The van der Waals surface area contributed by atoms with Gasteiger partial charge in [0.2, 0.25) is 0 Å². The Hall–Kier alpha value is -1.92. The number of aryl methyl sites for hydroxylation is 2. The van der Waals surface area contributed by atoms with Crippen LogP contribution in [0.2, 0.25) is 0 Å². The maximum atomic E-state index is 14.5. The first kappa shape index (κ1) is 18.9. The van der Waals surface area contributed by atoms with E-state index in [1.807, 2.05) is 19.9 Å². The van der Waals surface area contributed by atoms with Crippen LogP contribution < -0.4 is 10.6 Å². The topological polar surface area (TPSA) is 59.0 Å². The monoisotopic (exact) mass is 378 g/mol. The number of halogens is 2. The molecule has 2 bridgehead atoms. The summed E-state index contributed by atoms with van der Waals surface area (Å²) >= 11 is 0. The molecule has 2 unspecified atom stereocenters. The molecule has 0 spiro atoms. The average molecular weight is 379 g/mol. The van der Waals surface area contributed by atoms with Crippen molar-refractivity contribution in [2.24, 2.45) is 0 Å². The van der Waals surface area contributed by atoms with Crippen LogP contribution in [0, 0.1) is 19.7 Å². The molecule has 3 heterocycles. The lowest BCUT2D eigenvalue weighted by molar-refractivity contribution is 0.0923. The summed E-state index contributed by atoms with van der Waals surface area (Å²) in [6, 6.07) is 7.67. The molecule has 7 heteroatoms. The second-order valence-corrected chi connectivity index (χ2v) is 7.28. The van der Waals surface area contributed by atoms with Crippen molar-refractivity contribution < 1.29 is 9.18 Å². The first-order valence-corrected chi connectivity index (χ1v) is 8.89. The number of benzene rings is 1. The molecule has 5 nitrogen and oxygen atoms in total. The van der Waals surface area contributed by atoms with Crippen LogP contribution in [-0.4, -0.2) is 33.8 Å². The van der Waals surface area contributed by atoms with Crippen molar-refractivity contribution in [3.63, 3.8) is 0 Å². The summed E-state index contributed by atoms with van der Waals surface area (Å²) in [4.78, 5) is 12.5. The average Bonchev–Trinajstić information content (AvgIpc) is 3.08. The largest absolute Gasteiger partial charge is 0.349 e. The lowest BCUT2D eigenvalue weighted by atomic mass is 9.99. The fourth-order valence-corrected chi connectivity index (χ4v) is 4.14. The Bertz CT molecular complexity index is 810. The Balaban J connectivity index is 0.00000196. The van der Waals surface area contributed by atoms with E-state index in [-0.39, 0.29) is 24.4 Å². The standard InChI is InChI=1S/C19H23FN4O.ClH/c1-11-7-12(2)24(23-11)18-6-3-13(8-17(18)20)19(25)22-16-9-14-4-5-15(10-16)21-14;/h3,6-8,14-16,21H,4-5,9-10H2,1-2H3,(H,22,25);1H. The Morgan fingerprint density at radius 3 is 2.50 bits per heavy atom. The van der Waals surface area contributed by atoms with Gasteiger partial charge >= 0.3 is 0 Å². The van der Waals surface area contributed by atoms with Crippen LogP contribution in [0.4, 0.5) is 4.39 Å². The van der Waals surface area contributed by atoms with E-state index >= 15 is 0 Å². The molecule has 2 aliphatic rings. The number of carbonyl (C=O) groups is 1. The molecule has 26 heavy (non-hydrogen) atoms. The van der Waals surface area contributed by atoms with E-state index in [0.29, 0.717) is 23.3 Å². The predicted molar refractivity (Wildman–Crippen MR) is 101 cm³/mol. The van der Waals surface area contributed by atoms with Crippen LogP contribution >= 0.6 is 12.4 Å². The van der Waals surface area contributed by atoms with E-state index in [2.05, 4.69) is 15.7 Å². The number of nitrogens with one attached hydrogen (secondary N) is 2. The summed E-state index contributed by atoms with van der Waals surface area (Å²) in [5, 5.41) is 10.9. The van der Waals surface area contributed by atoms with Crippen molar-refractivity contribution in [3.8, 4) is 5.69 Å². The summed E-state index contributed by atoms with van der Waals surface area (Å²) in [5.41, 5.74) is 2.41. The van der Waals surface area contributed by atoms with Crippen LogP contribution in [0.25, 0.3) is 5.69 Å². The Labute approximate surface area is 158 Å². The summed E-state index contributed by atoms with van der Waals surface area (Å²) in [5.74, 6) is -0.644. The van der Waals surface area contributed by atoms with Gasteiger partial charge in [-0.15, -0.1) is 12.4 Å². The highest BCUT2D eigenvalue weighted by Gasteiger charge is 2.34. The van der Waals surface area contributed by atoms with Gasteiger partial charge in [-0.1, -0.05) is 0 Å². The molecule has 2 saturated heterocycles. The Morgan fingerprint density at radius 1 is 1.23 bits per heavy atom. The number of piperidine rings is 1. The molecule has 0 saturated carbocycles. The highest BCUT2D eigenvalue weighted by atomic mass is 35.5. The third-order valence-electron chi connectivity index (χ3n) is 5.26. The van der Waals surface area contributed by atoms with Gasteiger partial charge in [0.1, 0.15) is 11.5 Å². The van der Waals surface area contributed by atoms with E-state index in [0.717, 1.165) is 24.2 Å². The second kappa shape index (κ2) is 7.37. The van der Waals surface area contributed by atoms with E-state index in [1.165, 1.54) is 18.9 Å². The maximum absolute atomic E-state index is 14.5. The van der Waals surface area contributed by atoms with E-state index < -0.39 is 5.82 Å². The molecule has 0 radical (unpaired) electrons. The molecule has 1 amide bonds. The number of hydrogen-bond acceptors (Lipinski definition) is 3. The van der Waals surface area contributed by atoms with Gasteiger partial charge < -0.3 is 10.6 Å². The van der Waals surface area contributed by atoms with Gasteiger partial charge in [0, 0.05) is 29.4 Å². The highest BCUT2D eigenvalue weighted by Crippen LogP contribution is 2.27. The van der Waals surface area contributed by atoms with Crippen molar-refractivity contribution >= 4 is 18.3 Å². The lowest BCUT2D eigenvalue weighted by Crippen LogP contribution is -2.48. The minimum Gasteiger partial charge on any atom is -0.349 e. The third kappa shape index (κ3) is 3.62. The minimum atomic E-state index is -0.441. The van der Waals surface area contributed by atoms with E-state index in [4.69, 9.17) is 0 Å². The van der Waals surface area contributed by atoms with Crippen molar-refractivity contribution in [3.05, 3.63) is 47.0 Å². The molecule has 2 atom stereocenters. The molecular formula is C19H24ClFN4O. The van der Waals surface area contributed by atoms with Crippen molar-refractivity contribution in [1.82, 2.24) is 20.4 Å². The van der Waals surface area contributed by atoms with Crippen LogP contribution in [0.5, 0.6) is 0 Å². The first-order chi connectivity index (χ1) is 12.0. The second-order valence-electron chi connectivity index (χ2n) is 7.28. The third-order valence-corrected chi connectivity index (χ3v) is 5.26. The number of hydrogen-bond donors (Lipinski definition) is 2. The summed E-state index contributed by atoms with van der Waals surface area (Å²) < 4.78 is 16.1. The molecule has 4 rings (SSSR count). The minimum absolute atomic E-state index is 0. The van der Waals surface area contributed by atoms with Crippen molar-refractivity contribution in [2.45, 2.75) is 57.7 Å². The first-order valence-electron chi connectivity index (χ1n) is 8.89. The number of amides is 1. The van der Waals surface area contributed by atoms with Gasteiger partial charge in [-0.25, -0.2) is 9.07 Å². The fourth-order valence-electron chi connectivity index (χ4n) is 4.14. The zero-order chi connectivity index (χ0) is 17.6. The smallest absolute Gasteiger partial charge is 0.251 e. The predicted octanol–water partition coefficient (Wildman–Crippen LogP) is 3.06. The fraction of sp³-hybridized carbons (Fsp3) is 0.474. The van der Waals surface area contributed by atoms with Crippen LogP contribution in [-0.2, 0) is 0 Å². The Kier molecular flexibility index (Phi) is 5.34. The summed E-state index contributed by atoms with van der Waals surface area (Å²) in [6.07, 6.45) is 4.27. The van der Waals surface area contributed by atoms with Crippen molar-refractivity contribution in [2.75, 3.05) is 0 Å². The number of carbonyl (C=O) groups excluding carboxylic acids is 1. The summed E-state index contributed by atoms with van der Waals surface area (Å²) in [6.45, 7) is 3.75. The van der Waals surface area contributed by atoms with E-state index in [1.54, 1.807) is 16.8 Å². The van der Waals surface area contributed by atoms with Gasteiger partial charge in [0.25, 0.3) is 5.91 Å². The molecule has 0 aliphatic carbocycles. The molecule has 140 valence electrons. The highest BCUT2D eigenvalue weighted by molar-refractivity contribution is 5.94. The Morgan fingerprint density at radius 2 is 1.92 bits per heavy atom. The van der Waals surface area contributed by atoms with Gasteiger partial charge in [-0.2, -0.15) is 5.10 Å². The van der Waals surface area contributed by atoms with Gasteiger partial charge in [-0.05, 0) is 63.8 Å². The molecule has 2 fully saturated rings. The number of rotatable bonds is 3. The molecule has 2 N–H and O–H groups in total. The lowest BCUT2D eigenvalue weighted by Gasteiger charge is -2.29. The van der Waals surface area contributed by atoms with E-state index in [9.17, 15) is 9.18 Å². The van der Waals surface area contributed by atoms with Crippen molar-refractivity contribution in [1.29, 1.82) is 0 Å². The normalized spacial score (nSPS) is 24.2. The molecule has 1 aromatic carbocycles. The van der Waals surface area contributed by atoms with Gasteiger partial charge in [0.05, 0.1) is 5.69 Å². The quantitative estimate of drug-likeness (QED) is 0.863.